The van der Waals surface area contributed by atoms with Crippen molar-refractivity contribution in [2.45, 2.75) is 61.6 Å². The first-order valence-corrected chi connectivity index (χ1v) is 13.9. The number of aromatic nitrogens is 3. The minimum Gasteiger partial charge on any atom is -0.444 e. The highest BCUT2D eigenvalue weighted by molar-refractivity contribution is 8.00. The molecule has 1 aliphatic rings. The number of thiazole rings is 1. The van der Waals surface area contributed by atoms with Crippen LogP contribution in [0, 0.1) is 0 Å². The van der Waals surface area contributed by atoms with Crippen LogP contribution in [-0.2, 0) is 27.3 Å². The summed E-state index contributed by atoms with van der Waals surface area (Å²) in [4.78, 5) is 39.1. The molecule has 0 radical (unpaired) electrons. The summed E-state index contributed by atoms with van der Waals surface area (Å²) in [5.41, 5.74) is 1.48. The summed E-state index contributed by atoms with van der Waals surface area (Å²) in [5, 5.41) is 7.34. The second-order valence-corrected chi connectivity index (χ2v) is 12.2. The van der Waals surface area contributed by atoms with E-state index in [4.69, 9.17) is 4.42 Å². The van der Waals surface area contributed by atoms with Gasteiger partial charge in [-0.3, -0.25) is 14.6 Å². The van der Waals surface area contributed by atoms with E-state index in [0.717, 1.165) is 32.9 Å². The number of hydrogen-bond donors (Lipinski definition) is 2. The number of nitrogens with zero attached hydrogens (tertiary/aromatic N) is 4. The fourth-order valence-corrected chi connectivity index (χ4v) is 5.49. The van der Waals surface area contributed by atoms with Gasteiger partial charge in [-0.1, -0.05) is 38.7 Å². The molecule has 1 atom stereocenters. The van der Waals surface area contributed by atoms with Gasteiger partial charge < -0.3 is 20.0 Å². The number of pyridine rings is 1. The molecule has 4 rings (SSSR count). The summed E-state index contributed by atoms with van der Waals surface area (Å²) in [5.74, 6) is 2.28. The van der Waals surface area contributed by atoms with Crippen molar-refractivity contribution in [2.24, 2.45) is 0 Å². The number of thioether (sulfide) groups is 1. The van der Waals surface area contributed by atoms with E-state index in [1.54, 1.807) is 35.5 Å². The van der Waals surface area contributed by atoms with E-state index in [1.165, 1.54) is 6.08 Å². The van der Waals surface area contributed by atoms with Crippen LogP contribution < -0.4 is 10.6 Å². The van der Waals surface area contributed by atoms with Gasteiger partial charge in [0.05, 0.1) is 53.0 Å². The number of rotatable bonds is 11. The van der Waals surface area contributed by atoms with Gasteiger partial charge in [0.1, 0.15) is 5.76 Å². The fraction of sp³-hybridized carbons (Fsp3) is 0.423. The molecule has 196 valence electrons. The van der Waals surface area contributed by atoms with Crippen LogP contribution in [0.15, 0.2) is 52.0 Å². The Morgan fingerprint density at radius 2 is 2.11 bits per heavy atom. The minimum absolute atomic E-state index is 0.0591. The van der Waals surface area contributed by atoms with E-state index in [1.807, 2.05) is 23.2 Å². The molecule has 3 aromatic heterocycles. The number of nitrogens with one attached hydrogen (secondary N) is 2. The Kier molecular flexibility index (Phi) is 8.65. The lowest BCUT2D eigenvalue weighted by Gasteiger charge is -2.32. The molecule has 0 bridgehead atoms. The van der Waals surface area contributed by atoms with E-state index in [-0.39, 0.29) is 29.7 Å². The SMILES string of the molecule is C=CC(=O)CNc1ccc(CN2C[C@H](Nc3ncc(SCc4ncc(C(C)(C)C)o4)s3)CCC2=O)nc1. The summed E-state index contributed by atoms with van der Waals surface area (Å²) in [6, 6.07) is 3.85. The van der Waals surface area contributed by atoms with Crippen molar-refractivity contribution in [3.63, 3.8) is 0 Å². The predicted molar refractivity (Wildman–Crippen MR) is 147 cm³/mol. The Morgan fingerprint density at radius 3 is 2.81 bits per heavy atom. The van der Waals surface area contributed by atoms with Gasteiger partial charge in [0.25, 0.3) is 0 Å². The van der Waals surface area contributed by atoms with Crippen LogP contribution in [-0.4, -0.2) is 50.7 Å². The molecule has 4 heterocycles. The third-order valence-electron chi connectivity index (χ3n) is 5.81. The number of hydrogen-bond acceptors (Lipinski definition) is 10. The maximum absolute atomic E-state index is 12.5. The average molecular weight is 541 g/mol. The van der Waals surface area contributed by atoms with Crippen molar-refractivity contribution >= 4 is 45.6 Å². The number of amides is 1. The molecule has 0 saturated carbocycles. The molecule has 0 aliphatic carbocycles. The molecule has 3 aromatic rings. The zero-order chi connectivity index (χ0) is 26.4. The fourth-order valence-electron chi connectivity index (χ4n) is 3.69. The van der Waals surface area contributed by atoms with E-state index < -0.39 is 0 Å². The molecule has 11 heteroatoms. The summed E-state index contributed by atoms with van der Waals surface area (Å²) in [6.45, 7) is 11.0. The summed E-state index contributed by atoms with van der Waals surface area (Å²) < 4.78 is 6.95. The third kappa shape index (κ3) is 7.65. The highest BCUT2D eigenvalue weighted by atomic mass is 32.2. The monoisotopic (exact) mass is 540 g/mol. The standard InChI is InChI=1S/C26H32N6O3S2/c1-5-20(33)11-28-17-6-7-18(27-10-17)14-32-15-19(8-9-23(32)34)31-25-30-13-24(37-25)36-16-22-29-12-21(35-22)26(2,3)4/h5-7,10,12-13,19,28H,1,8-9,11,14-16H2,2-4H3,(H,30,31)/t19-/m1/s1. The Hall–Kier alpha value is -3.18. The number of ketones is 1. The summed E-state index contributed by atoms with van der Waals surface area (Å²) >= 11 is 3.24. The van der Waals surface area contributed by atoms with Gasteiger partial charge in [-0.2, -0.15) is 0 Å². The Labute approximate surface area is 225 Å². The molecule has 1 fully saturated rings. The maximum Gasteiger partial charge on any atom is 0.223 e. The van der Waals surface area contributed by atoms with Crippen molar-refractivity contribution in [3.05, 3.63) is 60.7 Å². The molecule has 37 heavy (non-hydrogen) atoms. The number of piperidine rings is 1. The van der Waals surface area contributed by atoms with Crippen LogP contribution >= 0.6 is 23.1 Å². The number of anilines is 2. The second-order valence-electron chi connectivity index (χ2n) is 9.86. The summed E-state index contributed by atoms with van der Waals surface area (Å²) in [7, 11) is 0. The van der Waals surface area contributed by atoms with Crippen molar-refractivity contribution < 1.29 is 14.0 Å². The summed E-state index contributed by atoms with van der Waals surface area (Å²) in [6.07, 6.45) is 7.86. The van der Waals surface area contributed by atoms with Crippen LogP contribution in [0.1, 0.15) is 51.0 Å². The first-order valence-electron chi connectivity index (χ1n) is 12.1. The van der Waals surface area contributed by atoms with Crippen LogP contribution in [0.3, 0.4) is 0 Å². The van der Waals surface area contributed by atoms with Gasteiger partial charge in [-0.15, -0.1) is 11.8 Å². The molecule has 0 aromatic carbocycles. The lowest BCUT2D eigenvalue weighted by Crippen LogP contribution is -2.45. The molecule has 0 unspecified atom stereocenters. The van der Waals surface area contributed by atoms with Crippen LogP contribution in [0.2, 0.25) is 0 Å². The van der Waals surface area contributed by atoms with Crippen LogP contribution in [0.4, 0.5) is 10.8 Å². The highest BCUT2D eigenvalue weighted by Gasteiger charge is 2.26. The molecule has 2 N–H and O–H groups in total. The van der Waals surface area contributed by atoms with E-state index in [9.17, 15) is 9.59 Å². The normalized spacial score (nSPS) is 16.0. The molecule has 1 amide bonds. The Bertz CT molecular complexity index is 1230. The number of carbonyl (C=O) groups excluding carboxylic acids is 2. The largest absolute Gasteiger partial charge is 0.444 e. The first kappa shape index (κ1) is 26.9. The van der Waals surface area contributed by atoms with Gasteiger partial charge in [0, 0.05) is 24.4 Å². The number of likely N-dealkylation sites (tertiary alicyclic amines) is 1. The molecule has 0 spiro atoms. The van der Waals surface area contributed by atoms with Gasteiger partial charge >= 0.3 is 0 Å². The minimum atomic E-state index is -0.0864. The van der Waals surface area contributed by atoms with Crippen molar-refractivity contribution in [3.8, 4) is 0 Å². The van der Waals surface area contributed by atoms with Crippen LogP contribution in [0.25, 0.3) is 0 Å². The second kappa shape index (κ2) is 11.9. The van der Waals surface area contributed by atoms with Gasteiger partial charge in [-0.05, 0) is 24.6 Å². The Balaban J connectivity index is 1.27. The van der Waals surface area contributed by atoms with Crippen molar-refractivity contribution in [2.75, 3.05) is 23.7 Å². The van der Waals surface area contributed by atoms with Gasteiger partial charge in [0.15, 0.2) is 10.9 Å². The van der Waals surface area contributed by atoms with Gasteiger partial charge in [0.2, 0.25) is 11.8 Å². The van der Waals surface area contributed by atoms with E-state index in [0.29, 0.717) is 31.2 Å². The smallest absolute Gasteiger partial charge is 0.223 e. The predicted octanol–water partition coefficient (Wildman–Crippen LogP) is 4.89. The van der Waals surface area contributed by atoms with Gasteiger partial charge in [-0.25, -0.2) is 9.97 Å². The Morgan fingerprint density at radius 1 is 1.27 bits per heavy atom. The van der Waals surface area contributed by atoms with E-state index in [2.05, 4.69) is 52.9 Å². The van der Waals surface area contributed by atoms with E-state index >= 15 is 0 Å². The molecule has 1 saturated heterocycles. The van der Waals surface area contributed by atoms with Crippen molar-refractivity contribution in [1.82, 2.24) is 19.9 Å². The third-order valence-corrected chi connectivity index (χ3v) is 7.92. The zero-order valence-corrected chi connectivity index (χ0v) is 23.0. The number of oxazole rings is 1. The molecule has 1 aliphatic heterocycles. The maximum atomic E-state index is 12.5. The zero-order valence-electron chi connectivity index (χ0n) is 21.3. The molecular weight excluding hydrogens is 508 g/mol. The quantitative estimate of drug-likeness (QED) is 0.259. The topological polar surface area (TPSA) is 113 Å². The molecular formula is C26H32N6O3S2. The average Bonchev–Trinajstić information content (AvgIpc) is 3.54. The number of carbonyl (C=O) groups is 2. The molecule has 9 nitrogen and oxygen atoms in total. The van der Waals surface area contributed by atoms with Crippen molar-refractivity contribution in [1.29, 1.82) is 0 Å². The lowest BCUT2D eigenvalue weighted by atomic mass is 9.94. The lowest BCUT2D eigenvalue weighted by molar-refractivity contribution is -0.134. The first-order chi connectivity index (χ1) is 17.7. The van der Waals surface area contributed by atoms with Crippen LogP contribution in [0.5, 0.6) is 0 Å². The highest BCUT2D eigenvalue weighted by Crippen LogP contribution is 2.32.